The Hall–Kier alpha value is -1.79. The number of benzene rings is 1. The third kappa shape index (κ3) is 4.48. The number of likely N-dealkylation sites (tertiary alicyclic amines) is 1. The number of hydrogen-bond acceptors (Lipinski definition) is 4. The molecule has 1 aromatic carbocycles. The van der Waals surface area contributed by atoms with Crippen molar-refractivity contribution in [2.45, 2.75) is 57.7 Å². The number of hydrogen-bond donors (Lipinski definition) is 1. The zero-order valence-electron chi connectivity index (χ0n) is 15.0. The van der Waals surface area contributed by atoms with E-state index in [-0.39, 0.29) is 42.8 Å². The number of nitrogens with zero attached hydrogens (tertiary/aromatic N) is 1. The van der Waals surface area contributed by atoms with E-state index in [0.29, 0.717) is 18.4 Å². The molecule has 3 rings (SSSR count). The third-order valence-electron chi connectivity index (χ3n) is 5.49. The summed E-state index contributed by atoms with van der Waals surface area (Å²) in [7, 11) is 0. The van der Waals surface area contributed by atoms with Crippen molar-refractivity contribution < 1.29 is 23.8 Å². The van der Waals surface area contributed by atoms with Crippen LogP contribution in [0, 0.1) is 11.2 Å². The van der Waals surface area contributed by atoms with Gasteiger partial charge in [-0.05, 0) is 24.3 Å². The molecule has 1 heterocycles. The molecule has 1 aromatic rings. The van der Waals surface area contributed by atoms with Gasteiger partial charge in [0.05, 0.1) is 25.9 Å². The van der Waals surface area contributed by atoms with Crippen molar-refractivity contribution in [3.63, 3.8) is 0 Å². The molecule has 2 aliphatic rings. The van der Waals surface area contributed by atoms with E-state index in [1.807, 2.05) is 0 Å². The number of ether oxygens (including phenoxy) is 1. The van der Waals surface area contributed by atoms with Crippen LogP contribution in [0.25, 0.3) is 0 Å². The summed E-state index contributed by atoms with van der Waals surface area (Å²) >= 11 is 0. The third-order valence-corrected chi connectivity index (χ3v) is 5.49. The largest absolute Gasteiger partial charge is 0.389 e. The van der Waals surface area contributed by atoms with E-state index in [9.17, 15) is 19.1 Å². The minimum atomic E-state index is -0.977. The zero-order valence-corrected chi connectivity index (χ0v) is 15.0. The maximum atomic E-state index is 13.5. The second-order valence-electron chi connectivity index (χ2n) is 7.57. The van der Waals surface area contributed by atoms with Gasteiger partial charge in [0.25, 0.3) is 0 Å². The molecule has 1 aliphatic carbocycles. The Labute approximate surface area is 153 Å². The molecule has 6 heteroatoms. The lowest BCUT2D eigenvalue weighted by Crippen LogP contribution is -2.51. The molecule has 1 spiro atoms. The van der Waals surface area contributed by atoms with Crippen LogP contribution in [0.4, 0.5) is 4.39 Å². The van der Waals surface area contributed by atoms with Crippen molar-refractivity contribution in [2.75, 3.05) is 13.2 Å². The predicted molar refractivity (Wildman–Crippen MR) is 93.5 cm³/mol. The molecule has 1 unspecified atom stereocenters. The number of aliphatic hydroxyl groups excluding tert-OH is 1. The first-order valence-electron chi connectivity index (χ1n) is 9.31. The molecule has 1 N–H and O–H groups in total. The summed E-state index contributed by atoms with van der Waals surface area (Å²) in [5.41, 5.74) is 0.249. The summed E-state index contributed by atoms with van der Waals surface area (Å²) in [5, 5.41) is 10.1. The van der Waals surface area contributed by atoms with E-state index >= 15 is 0 Å². The summed E-state index contributed by atoms with van der Waals surface area (Å²) in [6.45, 7) is -0.0870. The van der Waals surface area contributed by atoms with Crippen molar-refractivity contribution in [1.82, 2.24) is 4.90 Å². The molecular weight excluding hydrogens is 337 g/mol. The van der Waals surface area contributed by atoms with Crippen LogP contribution in [0.3, 0.4) is 0 Å². The molecule has 1 saturated carbocycles. The number of amides is 2. The highest BCUT2D eigenvalue weighted by Gasteiger charge is 2.44. The summed E-state index contributed by atoms with van der Waals surface area (Å²) in [5.74, 6) is -0.756. The van der Waals surface area contributed by atoms with Crippen molar-refractivity contribution >= 4 is 11.8 Å². The molecule has 5 nitrogen and oxygen atoms in total. The number of β-amino-alcohol motifs (C(OH)–C–C–N with tert-alkyl or cyclic N) is 1. The molecular formula is C20H26FNO4. The summed E-state index contributed by atoms with van der Waals surface area (Å²) in [6, 6.07) is 6.27. The summed E-state index contributed by atoms with van der Waals surface area (Å²) in [4.78, 5) is 26.1. The zero-order chi connectivity index (χ0) is 18.6. The molecule has 2 amide bonds. The van der Waals surface area contributed by atoms with Crippen LogP contribution in [-0.4, -0.2) is 41.1 Å². The minimum absolute atomic E-state index is 0.0364. The molecule has 1 atom stereocenters. The van der Waals surface area contributed by atoms with Crippen LogP contribution in [-0.2, 0) is 20.9 Å². The van der Waals surface area contributed by atoms with Gasteiger partial charge in [-0.25, -0.2) is 4.39 Å². The van der Waals surface area contributed by atoms with Crippen LogP contribution >= 0.6 is 0 Å². The molecule has 0 aromatic heterocycles. The second kappa shape index (κ2) is 8.27. The standard InChI is InChI=1S/C20H26FNO4/c21-17-7-3-2-6-15(17)13-26-14-16(23)12-22-18(24)10-20(11-19(22)25)8-4-1-5-9-20/h2-3,6-7,16,23H,1,4-5,8-14H2. The van der Waals surface area contributed by atoms with Crippen LogP contribution in [0.1, 0.15) is 50.5 Å². The first-order chi connectivity index (χ1) is 12.5. The normalized spacial score (nSPS) is 21.2. The van der Waals surface area contributed by atoms with Crippen LogP contribution in [0.15, 0.2) is 24.3 Å². The van der Waals surface area contributed by atoms with Gasteiger partial charge < -0.3 is 9.84 Å². The van der Waals surface area contributed by atoms with Gasteiger partial charge in [0.1, 0.15) is 5.82 Å². The monoisotopic (exact) mass is 363 g/mol. The van der Waals surface area contributed by atoms with Gasteiger partial charge in [0.15, 0.2) is 0 Å². The lowest BCUT2D eigenvalue weighted by Gasteiger charge is -2.42. The Bertz CT molecular complexity index is 637. The van der Waals surface area contributed by atoms with Crippen LogP contribution in [0.5, 0.6) is 0 Å². The number of carbonyl (C=O) groups is 2. The van der Waals surface area contributed by atoms with E-state index in [2.05, 4.69) is 0 Å². The average molecular weight is 363 g/mol. The Kier molecular flexibility index (Phi) is 6.04. The number of piperidine rings is 1. The lowest BCUT2D eigenvalue weighted by atomic mass is 9.67. The lowest BCUT2D eigenvalue weighted by molar-refractivity contribution is -0.157. The Morgan fingerprint density at radius 2 is 1.77 bits per heavy atom. The average Bonchev–Trinajstić information content (AvgIpc) is 2.60. The van der Waals surface area contributed by atoms with Crippen molar-refractivity contribution in [3.8, 4) is 0 Å². The fourth-order valence-electron chi connectivity index (χ4n) is 4.08. The molecule has 142 valence electrons. The maximum absolute atomic E-state index is 13.5. The molecule has 0 radical (unpaired) electrons. The van der Waals surface area contributed by atoms with Gasteiger partial charge in [-0.2, -0.15) is 0 Å². The predicted octanol–water partition coefficient (Wildman–Crippen LogP) is 2.80. The van der Waals surface area contributed by atoms with E-state index in [4.69, 9.17) is 4.74 Å². The first-order valence-corrected chi connectivity index (χ1v) is 9.31. The number of imide groups is 1. The van der Waals surface area contributed by atoms with Gasteiger partial charge in [0.2, 0.25) is 11.8 Å². The van der Waals surface area contributed by atoms with Crippen molar-refractivity contribution in [2.24, 2.45) is 5.41 Å². The smallest absolute Gasteiger partial charge is 0.229 e. The van der Waals surface area contributed by atoms with Gasteiger partial charge in [-0.3, -0.25) is 14.5 Å². The Morgan fingerprint density at radius 1 is 1.12 bits per heavy atom. The summed E-state index contributed by atoms with van der Waals surface area (Å²) in [6.07, 6.45) is 5.00. The van der Waals surface area contributed by atoms with Gasteiger partial charge in [-0.1, -0.05) is 37.5 Å². The molecule has 1 saturated heterocycles. The van der Waals surface area contributed by atoms with Crippen molar-refractivity contribution in [3.05, 3.63) is 35.6 Å². The molecule has 1 aliphatic heterocycles. The maximum Gasteiger partial charge on any atom is 0.229 e. The number of halogens is 1. The SMILES string of the molecule is O=C1CC2(CCCCC2)CC(=O)N1CC(O)COCc1ccccc1F. The van der Waals surface area contributed by atoms with E-state index < -0.39 is 6.10 Å². The highest BCUT2D eigenvalue weighted by Crippen LogP contribution is 2.45. The van der Waals surface area contributed by atoms with E-state index in [1.165, 1.54) is 12.5 Å². The number of carbonyl (C=O) groups excluding carboxylic acids is 2. The fourth-order valence-corrected chi connectivity index (χ4v) is 4.08. The van der Waals surface area contributed by atoms with Crippen LogP contribution in [0.2, 0.25) is 0 Å². The van der Waals surface area contributed by atoms with Crippen molar-refractivity contribution in [1.29, 1.82) is 0 Å². The fraction of sp³-hybridized carbons (Fsp3) is 0.600. The molecule has 0 bridgehead atoms. The van der Waals surface area contributed by atoms with Gasteiger partial charge in [-0.15, -0.1) is 0 Å². The van der Waals surface area contributed by atoms with E-state index in [1.54, 1.807) is 18.2 Å². The van der Waals surface area contributed by atoms with Crippen LogP contribution < -0.4 is 0 Å². The first kappa shape index (κ1) is 19.0. The summed E-state index contributed by atoms with van der Waals surface area (Å²) < 4.78 is 18.9. The van der Waals surface area contributed by atoms with Gasteiger partial charge >= 0.3 is 0 Å². The Balaban J connectivity index is 1.48. The molecule has 2 fully saturated rings. The number of aliphatic hydroxyl groups is 1. The van der Waals surface area contributed by atoms with E-state index in [0.717, 1.165) is 30.6 Å². The minimum Gasteiger partial charge on any atom is -0.389 e. The highest BCUT2D eigenvalue weighted by atomic mass is 19.1. The van der Waals surface area contributed by atoms with Gasteiger partial charge in [0, 0.05) is 18.4 Å². The second-order valence-corrected chi connectivity index (χ2v) is 7.57. The Morgan fingerprint density at radius 3 is 2.42 bits per heavy atom. The quantitative estimate of drug-likeness (QED) is 0.789. The molecule has 26 heavy (non-hydrogen) atoms. The number of rotatable bonds is 6. The highest BCUT2D eigenvalue weighted by molar-refractivity contribution is 5.98. The topological polar surface area (TPSA) is 66.8 Å².